The molecule has 0 atom stereocenters. The van der Waals surface area contributed by atoms with Gasteiger partial charge in [-0.1, -0.05) is 23.9 Å². The molecule has 3 rings (SSSR count). The van der Waals surface area contributed by atoms with Gasteiger partial charge in [0, 0.05) is 16.7 Å². The molecule has 0 aliphatic carbocycles. The number of furan rings is 1. The maximum Gasteiger partial charge on any atom is 0.417 e. The van der Waals surface area contributed by atoms with E-state index in [0.717, 1.165) is 28.5 Å². The van der Waals surface area contributed by atoms with Crippen LogP contribution in [-0.2, 0) is 6.18 Å². The number of alkyl halides is 3. The minimum Gasteiger partial charge on any atom is -0.464 e. The van der Waals surface area contributed by atoms with Crippen molar-refractivity contribution in [3.63, 3.8) is 0 Å². The van der Waals surface area contributed by atoms with E-state index in [1.54, 1.807) is 6.26 Å². The normalized spacial score (nSPS) is 11.6. The van der Waals surface area contributed by atoms with Gasteiger partial charge in [-0.2, -0.15) is 13.2 Å². The topological polar surface area (TPSA) is 26.0 Å². The van der Waals surface area contributed by atoms with E-state index in [4.69, 9.17) is 4.42 Å². The highest BCUT2D eigenvalue weighted by Gasteiger charge is 2.30. The van der Waals surface area contributed by atoms with Gasteiger partial charge in [0.05, 0.1) is 11.8 Å². The van der Waals surface area contributed by atoms with Crippen molar-refractivity contribution in [2.24, 2.45) is 0 Å². The largest absolute Gasteiger partial charge is 0.464 e. The fourth-order valence-corrected chi connectivity index (χ4v) is 2.61. The highest BCUT2D eigenvalue weighted by molar-refractivity contribution is 7.99. The standard InChI is InChI=1S/C16H10F3NOS/c17-16(18,19)12-5-8-15(20-10-12)22-13-6-3-11(4-7-13)14-2-1-9-21-14/h1-10H. The van der Waals surface area contributed by atoms with Gasteiger partial charge in [0.1, 0.15) is 10.8 Å². The van der Waals surface area contributed by atoms with E-state index in [1.165, 1.54) is 17.8 Å². The molecule has 0 spiro atoms. The first kappa shape index (κ1) is 14.7. The summed E-state index contributed by atoms with van der Waals surface area (Å²) >= 11 is 1.30. The fourth-order valence-electron chi connectivity index (χ4n) is 1.86. The zero-order valence-electron chi connectivity index (χ0n) is 11.2. The van der Waals surface area contributed by atoms with Crippen LogP contribution in [0.25, 0.3) is 11.3 Å². The predicted molar refractivity (Wildman–Crippen MR) is 77.5 cm³/mol. The summed E-state index contributed by atoms with van der Waals surface area (Å²) < 4.78 is 42.7. The highest BCUT2D eigenvalue weighted by atomic mass is 32.2. The number of benzene rings is 1. The molecule has 1 aromatic carbocycles. The lowest BCUT2D eigenvalue weighted by Crippen LogP contribution is -2.04. The molecule has 3 aromatic rings. The Morgan fingerprint density at radius 2 is 1.73 bits per heavy atom. The van der Waals surface area contributed by atoms with Gasteiger partial charge in [-0.3, -0.25) is 0 Å². The van der Waals surface area contributed by atoms with Gasteiger partial charge < -0.3 is 4.42 Å². The molecule has 0 aliphatic rings. The van der Waals surface area contributed by atoms with Gasteiger partial charge in [-0.25, -0.2) is 4.98 Å². The van der Waals surface area contributed by atoms with Crippen LogP contribution in [0.2, 0.25) is 0 Å². The maximum absolute atomic E-state index is 12.5. The van der Waals surface area contributed by atoms with Gasteiger partial charge in [-0.15, -0.1) is 0 Å². The van der Waals surface area contributed by atoms with Crippen LogP contribution in [0, 0.1) is 0 Å². The summed E-state index contributed by atoms with van der Waals surface area (Å²) in [6.45, 7) is 0. The van der Waals surface area contributed by atoms with E-state index in [1.807, 2.05) is 36.4 Å². The van der Waals surface area contributed by atoms with Crippen LogP contribution < -0.4 is 0 Å². The molecule has 2 aromatic heterocycles. The second-order valence-corrected chi connectivity index (χ2v) is 5.58. The van der Waals surface area contributed by atoms with Crippen molar-refractivity contribution in [2.45, 2.75) is 16.1 Å². The van der Waals surface area contributed by atoms with Crippen LogP contribution in [-0.4, -0.2) is 4.98 Å². The zero-order chi connectivity index (χ0) is 15.6. The Labute approximate surface area is 129 Å². The van der Waals surface area contributed by atoms with Crippen LogP contribution in [0.15, 0.2) is 75.3 Å². The molecule has 112 valence electrons. The molecule has 0 saturated carbocycles. The first-order chi connectivity index (χ1) is 10.5. The summed E-state index contributed by atoms with van der Waals surface area (Å²) in [6, 6.07) is 13.6. The summed E-state index contributed by atoms with van der Waals surface area (Å²) in [4.78, 5) is 4.73. The monoisotopic (exact) mass is 321 g/mol. The number of pyridine rings is 1. The third kappa shape index (κ3) is 3.33. The van der Waals surface area contributed by atoms with Crippen molar-refractivity contribution in [3.05, 3.63) is 66.6 Å². The van der Waals surface area contributed by atoms with Gasteiger partial charge in [0.15, 0.2) is 0 Å². The van der Waals surface area contributed by atoms with E-state index < -0.39 is 11.7 Å². The Kier molecular flexibility index (Phi) is 3.94. The Morgan fingerprint density at radius 1 is 0.955 bits per heavy atom. The molecule has 22 heavy (non-hydrogen) atoms. The lowest BCUT2D eigenvalue weighted by Gasteiger charge is -2.07. The number of aromatic nitrogens is 1. The summed E-state index contributed by atoms with van der Waals surface area (Å²) in [5, 5.41) is 0.513. The quantitative estimate of drug-likeness (QED) is 0.636. The van der Waals surface area contributed by atoms with Crippen molar-refractivity contribution in [1.29, 1.82) is 0 Å². The lowest BCUT2D eigenvalue weighted by molar-refractivity contribution is -0.137. The molecular weight excluding hydrogens is 311 g/mol. The summed E-state index contributed by atoms with van der Waals surface area (Å²) in [5.74, 6) is 0.768. The van der Waals surface area contributed by atoms with Crippen molar-refractivity contribution in [2.75, 3.05) is 0 Å². The van der Waals surface area contributed by atoms with E-state index in [-0.39, 0.29) is 0 Å². The molecule has 0 bridgehead atoms. The van der Waals surface area contributed by atoms with Crippen LogP contribution in [0.4, 0.5) is 13.2 Å². The molecule has 0 unspecified atom stereocenters. The highest BCUT2D eigenvalue weighted by Crippen LogP contribution is 2.32. The van der Waals surface area contributed by atoms with Crippen molar-refractivity contribution >= 4 is 11.8 Å². The average Bonchev–Trinajstić information content (AvgIpc) is 3.02. The van der Waals surface area contributed by atoms with E-state index in [0.29, 0.717) is 5.03 Å². The summed E-state index contributed by atoms with van der Waals surface area (Å²) in [5.41, 5.74) is 0.194. The summed E-state index contributed by atoms with van der Waals surface area (Å²) in [7, 11) is 0. The van der Waals surface area contributed by atoms with Crippen LogP contribution in [0.1, 0.15) is 5.56 Å². The number of halogens is 3. The number of hydrogen-bond acceptors (Lipinski definition) is 3. The van der Waals surface area contributed by atoms with E-state index in [9.17, 15) is 13.2 Å². The molecule has 0 saturated heterocycles. The molecular formula is C16H10F3NOS. The first-order valence-electron chi connectivity index (χ1n) is 6.37. The predicted octanol–water partition coefficient (Wildman–Crippen LogP) is 5.51. The smallest absolute Gasteiger partial charge is 0.417 e. The average molecular weight is 321 g/mol. The third-order valence-electron chi connectivity index (χ3n) is 2.95. The number of rotatable bonds is 3. The van der Waals surface area contributed by atoms with Crippen LogP contribution in [0.3, 0.4) is 0 Å². The Morgan fingerprint density at radius 3 is 2.27 bits per heavy atom. The maximum atomic E-state index is 12.5. The van der Waals surface area contributed by atoms with Crippen LogP contribution >= 0.6 is 11.8 Å². The van der Waals surface area contributed by atoms with Gasteiger partial charge in [-0.05, 0) is 36.4 Å². The van der Waals surface area contributed by atoms with Gasteiger partial charge >= 0.3 is 6.18 Å². The molecule has 2 heterocycles. The van der Waals surface area contributed by atoms with Crippen LogP contribution in [0.5, 0.6) is 0 Å². The second kappa shape index (κ2) is 5.88. The number of hydrogen-bond donors (Lipinski definition) is 0. The second-order valence-electron chi connectivity index (χ2n) is 4.49. The minimum absolute atomic E-state index is 0.513. The first-order valence-corrected chi connectivity index (χ1v) is 7.19. The Hall–Kier alpha value is -2.21. The fraction of sp³-hybridized carbons (Fsp3) is 0.0625. The minimum atomic E-state index is -4.36. The van der Waals surface area contributed by atoms with Gasteiger partial charge in [0.2, 0.25) is 0 Å². The van der Waals surface area contributed by atoms with E-state index in [2.05, 4.69) is 4.98 Å². The molecule has 0 amide bonds. The molecule has 0 aliphatic heterocycles. The molecule has 6 heteroatoms. The lowest BCUT2D eigenvalue weighted by atomic mass is 10.2. The van der Waals surface area contributed by atoms with Crippen molar-refractivity contribution < 1.29 is 17.6 Å². The molecule has 2 nitrogen and oxygen atoms in total. The van der Waals surface area contributed by atoms with E-state index >= 15 is 0 Å². The Bertz CT molecular complexity index is 735. The SMILES string of the molecule is FC(F)(F)c1ccc(Sc2ccc(-c3ccco3)cc2)nc1. The molecule has 0 fully saturated rings. The molecule has 0 radical (unpaired) electrons. The zero-order valence-corrected chi connectivity index (χ0v) is 12.0. The summed E-state index contributed by atoms with van der Waals surface area (Å²) in [6.07, 6.45) is -1.91. The van der Waals surface area contributed by atoms with Gasteiger partial charge in [0.25, 0.3) is 0 Å². The Balaban J connectivity index is 1.73. The number of nitrogens with zero attached hydrogens (tertiary/aromatic N) is 1. The van der Waals surface area contributed by atoms with Crippen molar-refractivity contribution in [3.8, 4) is 11.3 Å². The molecule has 0 N–H and O–H groups in total. The third-order valence-corrected chi connectivity index (χ3v) is 3.90. The van der Waals surface area contributed by atoms with Crippen molar-refractivity contribution in [1.82, 2.24) is 4.98 Å².